The van der Waals surface area contributed by atoms with Crippen LogP contribution in [0.1, 0.15) is 30.9 Å². The normalized spacial score (nSPS) is 22.9. The van der Waals surface area contributed by atoms with Gasteiger partial charge >= 0.3 is 0 Å². The Bertz CT molecular complexity index is 424. The molecule has 0 amide bonds. The molecule has 0 radical (unpaired) electrons. The molecule has 0 saturated carbocycles. The third-order valence-electron chi connectivity index (χ3n) is 4.17. The van der Waals surface area contributed by atoms with E-state index in [1.807, 2.05) is 6.07 Å². The highest BCUT2D eigenvalue weighted by Crippen LogP contribution is 2.44. The minimum absolute atomic E-state index is 0.0222. The number of halogens is 1. The Morgan fingerprint density at radius 2 is 2.12 bits per heavy atom. The lowest BCUT2D eigenvalue weighted by Gasteiger charge is -2.38. The highest BCUT2D eigenvalue weighted by Gasteiger charge is 2.42. The van der Waals surface area contributed by atoms with Crippen molar-refractivity contribution in [3.05, 3.63) is 34.3 Å². The minimum Gasteiger partial charge on any atom is -0.365 e. The number of ether oxygens (including phenoxy) is 1. The highest BCUT2D eigenvalue weighted by molar-refractivity contribution is 6.30. The standard InChI is InChI=1S/C14H18ClNO/c1-2-16-7-5-14(6-8-16)13-4-3-12(15)9-11(13)10-17-14/h3-4,9H,2,5-8,10H2,1H3. The van der Waals surface area contributed by atoms with Crippen molar-refractivity contribution >= 4 is 11.6 Å². The summed E-state index contributed by atoms with van der Waals surface area (Å²) in [7, 11) is 0. The fourth-order valence-corrected chi connectivity index (χ4v) is 3.26. The molecule has 0 N–H and O–H groups in total. The van der Waals surface area contributed by atoms with Gasteiger partial charge in [0.15, 0.2) is 0 Å². The molecule has 3 rings (SSSR count). The van der Waals surface area contributed by atoms with Crippen LogP contribution in [0.3, 0.4) is 0 Å². The van der Waals surface area contributed by atoms with E-state index in [1.165, 1.54) is 11.1 Å². The van der Waals surface area contributed by atoms with Gasteiger partial charge in [0.1, 0.15) is 0 Å². The maximum atomic E-state index is 6.11. The van der Waals surface area contributed by atoms with Gasteiger partial charge < -0.3 is 9.64 Å². The summed E-state index contributed by atoms with van der Waals surface area (Å²) in [5.41, 5.74) is 2.63. The van der Waals surface area contributed by atoms with E-state index in [9.17, 15) is 0 Å². The van der Waals surface area contributed by atoms with Crippen LogP contribution in [0.2, 0.25) is 5.02 Å². The van der Waals surface area contributed by atoms with Crippen LogP contribution in [0, 0.1) is 0 Å². The Hall–Kier alpha value is -0.570. The number of nitrogens with zero attached hydrogens (tertiary/aromatic N) is 1. The van der Waals surface area contributed by atoms with Crippen LogP contribution in [-0.4, -0.2) is 24.5 Å². The largest absolute Gasteiger partial charge is 0.365 e. The van der Waals surface area contributed by atoms with Crippen molar-refractivity contribution in [2.24, 2.45) is 0 Å². The summed E-state index contributed by atoms with van der Waals surface area (Å²) in [5.74, 6) is 0. The lowest BCUT2D eigenvalue weighted by Crippen LogP contribution is -2.42. The Labute approximate surface area is 108 Å². The molecule has 2 aliphatic rings. The van der Waals surface area contributed by atoms with Crippen LogP contribution in [0.25, 0.3) is 0 Å². The lowest BCUT2D eigenvalue weighted by molar-refractivity contribution is -0.0780. The average Bonchev–Trinajstić information content (AvgIpc) is 2.69. The topological polar surface area (TPSA) is 12.5 Å². The highest BCUT2D eigenvalue weighted by atomic mass is 35.5. The summed E-state index contributed by atoms with van der Waals surface area (Å²) in [5, 5.41) is 0.815. The van der Waals surface area contributed by atoms with Crippen LogP contribution in [-0.2, 0) is 16.9 Å². The number of fused-ring (bicyclic) bond motifs is 2. The van der Waals surface area contributed by atoms with Crippen LogP contribution in [0.5, 0.6) is 0 Å². The summed E-state index contributed by atoms with van der Waals surface area (Å²) in [6.45, 7) is 6.37. The molecule has 92 valence electrons. The molecule has 1 aromatic rings. The molecule has 0 bridgehead atoms. The number of hydrogen-bond donors (Lipinski definition) is 0. The lowest BCUT2D eigenvalue weighted by atomic mass is 9.84. The van der Waals surface area contributed by atoms with E-state index in [0.717, 1.165) is 44.1 Å². The zero-order chi connectivity index (χ0) is 11.9. The van der Waals surface area contributed by atoms with Gasteiger partial charge in [0, 0.05) is 18.1 Å². The van der Waals surface area contributed by atoms with Crippen molar-refractivity contribution in [2.75, 3.05) is 19.6 Å². The van der Waals surface area contributed by atoms with Gasteiger partial charge in [-0.3, -0.25) is 0 Å². The second-order valence-electron chi connectivity index (χ2n) is 5.02. The summed E-state index contributed by atoms with van der Waals surface area (Å²) < 4.78 is 6.11. The predicted octanol–water partition coefficient (Wildman–Crippen LogP) is 3.18. The molecule has 0 unspecified atom stereocenters. The Morgan fingerprint density at radius 1 is 1.35 bits per heavy atom. The molecular formula is C14H18ClNO. The Balaban J connectivity index is 1.88. The van der Waals surface area contributed by atoms with Gasteiger partial charge in [0.05, 0.1) is 12.2 Å². The molecule has 1 spiro atoms. The molecule has 0 aromatic heterocycles. The molecule has 0 atom stereocenters. The van der Waals surface area contributed by atoms with E-state index in [0.29, 0.717) is 0 Å². The average molecular weight is 252 g/mol. The van der Waals surface area contributed by atoms with E-state index in [2.05, 4.69) is 24.0 Å². The van der Waals surface area contributed by atoms with Crippen LogP contribution in [0.4, 0.5) is 0 Å². The summed E-state index contributed by atoms with van der Waals surface area (Å²) in [6.07, 6.45) is 2.21. The van der Waals surface area contributed by atoms with Crippen LogP contribution >= 0.6 is 11.6 Å². The molecule has 1 saturated heterocycles. The van der Waals surface area contributed by atoms with E-state index < -0.39 is 0 Å². The van der Waals surface area contributed by atoms with Crippen molar-refractivity contribution in [1.29, 1.82) is 0 Å². The number of benzene rings is 1. The first-order valence-electron chi connectivity index (χ1n) is 6.39. The zero-order valence-corrected chi connectivity index (χ0v) is 11.0. The quantitative estimate of drug-likeness (QED) is 0.760. The Morgan fingerprint density at radius 3 is 2.82 bits per heavy atom. The number of rotatable bonds is 1. The third kappa shape index (κ3) is 1.88. The van der Waals surface area contributed by atoms with E-state index >= 15 is 0 Å². The third-order valence-corrected chi connectivity index (χ3v) is 4.41. The molecule has 1 aromatic carbocycles. The summed E-state index contributed by atoms with van der Waals surface area (Å²) >= 11 is 6.03. The SMILES string of the molecule is CCN1CCC2(CC1)OCc1cc(Cl)ccc12. The molecule has 2 aliphatic heterocycles. The van der Waals surface area contributed by atoms with Gasteiger partial charge in [-0.05, 0) is 42.6 Å². The molecule has 0 aliphatic carbocycles. The second-order valence-corrected chi connectivity index (χ2v) is 5.46. The van der Waals surface area contributed by atoms with Crippen molar-refractivity contribution in [3.63, 3.8) is 0 Å². The smallest absolute Gasteiger partial charge is 0.0963 e. The van der Waals surface area contributed by atoms with Gasteiger partial charge in [0.25, 0.3) is 0 Å². The van der Waals surface area contributed by atoms with Crippen LogP contribution in [0.15, 0.2) is 18.2 Å². The van der Waals surface area contributed by atoms with Gasteiger partial charge in [0.2, 0.25) is 0 Å². The van der Waals surface area contributed by atoms with E-state index in [-0.39, 0.29) is 5.60 Å². The number of piperidine rings is 1. The fourth-order valence-electron chi connectivity index (χ4n) is 3.06. The molecule has 17 heavy (non-hydrogen) atoms. The maximum Gasteiger partial charge on any atom is 0.0963 e. The van der Waals surface area contributed by atoms with Gasteiger partial charge in [-0.25, -0.2) is 0 Å². The first-order valence-corrected chi connectivity index (χ1v) is 6.76. The second kappa shape index (κ2) is 4.27. The number of hydrogen-bond acceptors (Lipinski definition) is 2. The summed E-state index contributed by atoms with van der Waals surface area (Å²) in [6, 6.07) is 6.20. The van der Waals surface area contributed by atoms with E-state index in [4.69, 9.17) is 16.3 Å². The fraction of sp³-hybridized carbons (Fsp3) is 0.571. The zero-order valence-electron chi connectivity index (χ0n) is 10.2. The van der Waals surface area contributed by atoms with Crippen LogP contribution < -0.4 is 0 Å². The molecule has 2 heterocycles. The predicted molar refractivity (Wildman–Crippen MR) is 69.3 cm³/mol. The van der Waals surface area contributed by atoms with Gasteiger partial charge in [-0.15, -0.1) is 0 Å². The molecule has 1 fully saturated rings. The first kappa shape index (κ1) is 11.5. The van der Waals surface area contributed by atoms with Crippen molar-refractivity contribution in [3.8, 4) is 0 Å². The van der Waals surface area contributed by atoms with Gasteiger partial charge in [-0.1, -0.05) is 24.6 Å². The molecule has 2 nitrogen and oxygen atoms in total. The van der Waals surface area contributed by atoms with Gasteiger partial charge in [-0.2, -0.15) is 0 Å². The van der Waals surface area contributed by atoms with Crippen molar-refractivity contribution in [1.82, 2.24) is 4.90 Å². The van der Waals surface area contributed by atoms with E-state index in [1.54, 1.807) is 0 Å². The Kier molecular flexibility index (Phi) is 2.89. The molecule has 3 heteroatoms. The minimum atomic E-state index is -0.0222. The number of likely N-dealkylation sites (tertiary alicyclic amines) is 1. The monoisotopic (exact) mass is 251 g/mol. The first-order chi connectivity index (χ1) is 8.23. The maximum absolute atomic E-state index is 6.11. The molecular weight excluding hydrogens is 234 g/mol. The summed E-state index contributed by atoms with van der Waals surface area (Å²) in [4.78, 5) is 2.49. The van der Waals surface area contributed by atoms with Crippen molar-refractivity contribution < 1.29 is 4.74 Å². The van der Waals surface area contributed by atoms with Crippen molar-refractivity contribution in [2.45, 2.75) is 32.0 Å².